The maximum absolute atomic E-state index is 10.4. The van der Waals surface area contributed by atoms with E-state index < -0.39 is 6.10 Å². The highest BCUT2D eigenvalue weighted by atomic mass is 32.1. The lowest BCUT2D eigenvalue weighted by molar-refractivity contribution is 0.177. The van der Waals surface area contributed by atoms with Crippen molar-refractivity contribution in [3.05, 3.63) is 39.3 Å². The van der Waals surface area contributed by atoms with Gasteiger partial charge in [-0.15, -0.1) is 11.3 Å². The van der Waals surface area contributed by atoms with Gasteiger partial charge in [0.25, 0.3) is 0 Å². The quantitative estimate of drug-likeness (QED) is 0.946. The molecule has 21 heavy (non-hydrogen) atoms. The number of hydrogen-bond donors (Lipinski definition) is 1. The van der Waals surface area contributed by atoms with E-state index >= 15 is 0 Å². The summed E-state index contributed by atoms with van der Waals surface area (Å²) in [6.07, 6.45) is 0.829. The average molecular weight is 305 g/mol. The molecule has 2 heterocycles. The Balaban J connectivity index is 1.78. The zero-order valence-electron chi connectivity index (χ0n) is 12.3. The van der Waals surface area contributed by atoms with Crippen LogP contribution in [0.4, 0.5) is 0 Å². The largest absolute Gasteiger partial charge is 0.490 e. The molecule has 1 aromatic carbocycles. The van der Waals surface area contributed by atoms with Crippen LogP contribution in [-0.2, 0) is 6.42 Å². The van der Waals surface area contributed by atoms with Crippen LogP contribution in [0.1, 0.15) is 33.7 Å². The number of aliphatic hydroxyl groups is 1. The van der Waals surface area contributed by atoms with E-state index in [9.17, 15) is 5.11 Å². The fourth-order valence-electron chi connectivity index (χ4n) is 2.30. The third-order valence-electron chi connectivity index (χ3n) is 3.60. The van der Waals surface area contributed by atoms with Gasteiger partial charge < -0.3 is 14.6 Å². The van der Waals surface area contributed by atoms with Crippen LogP contribution in [0.25, 0.3) is 0 Å². The maximum atomic E-state index is 10.4. The van der Waals surface area contributed by atoms with Crippen LogP contribution in [-0.4, -0.2) is 23.3 Å². The van der Waals surface area contributed by atoms with E-state index in [4.69, 9.17) is 9.47 Å². The zero-order chi connectivity index (χ0) is 14.8. The minimum Gasteiger partial charge on any atom is -0.490 e. The standard InChI is InChI=1S/C16H19NO3S/c1-10-11(2)21-16(17-10)9-13(18)12-4-5-14-15(8-12)20-7-3-6-19-14/h4-5,8,13,18H,3,6-7,9H2,1-2H3. The topological polar surface area (TPSA) is 51.6 Å². The fraction of sp³-hybridized carbons (Fsp3) is 0.438. The number of rotatable bonds is 3. The molecular formula is C16H19NO3S. The molecule has 1 N–H and O–H groups in total. The molecule has 0 spiro atoms. The van der Waals surface area contributed by atoms with Gasteiger partial charge in [-0.2, -0.15) is 0 Å². The Morgan fingerprint density at radius 1 is 1.24 bits per heavy atom. The third-order valence-corrected chi connectivity index (χ3v) is 4.69. The van der Waals surface area contributed by atoms with E-state index in [0.29, 0.717) is 19.6 Å². The molecule has 1 aliphatic rings. The molecule has 0 aliphatic carbocycles. The average Bonchev–Trinajstić information content (AvgIpc) is 2.67. The maximum Gasteiger partial charge on any atom is 0.161 e. The Bertz CT molecular complexity index is 619. The first-order valence-electron chi connectivity index (χ1n) is 7.14. The number of thiazole rings is 1. The van der Waals surface area contributed by atoms with Crippen LogP contribution >= 0.6 is 11.3 Å². The van der Waals surface area contributed by atoms with E-state index in [1.54, 1.807) is 11.3 Å². The minimum atomic E-state index is -0.577. The summed E-state index contributed by atoms with van der Waals surface area (Å²) in [6, 6.07) is 5.64. The van der Waals surface area contributed by atoms with Crippen molar-refractivity contribution in [3.8, 4) is 11.5 Å². The number of fused-ring (bicyclic) bond motifs is 1. The minimum absolute atomic E-state index is 0.527. The van der Waals surface area contributed by atoms with E-state index in [-0.39, 0.29) is 0 Å². The monoisotopic (exact) mass is 305 g/mol. The van der Waals surface area contributed by atoms with Crippen LogP contribution in [0.5, 0.6) is 11.5 Å². The lowest BCUT2D eigenvalue weighted by atomic mass is 10.1. The number of hydrogen-bond acceptors (Lipinski definition) is 5. The Kier molecular flexibility index (Phi) is 4.12. The van der Waals surface area contributed by atoms with Gasteiger partial charge in [-0.3, -0.25) is 0 Å². The molecule has 0 bridgehead atoms. The van der Waals surface area contributed by atoms with Gasteiger partial charge in [0.05, 0.1) is 30.0 Å². The fourth-order valence-corrected chi connectivity index (χ4v) is 3.27. The number of ether oxygens (including phenoxy) is 2. The molecule has 5 heteroatoms. The molecule has 0 radical (unpaired) electrons. The normalized spacial score (nSPS) is 15.6. The summed E-state index contributed by atoms with van der Waals surface area (Å²) >= 11 is 1.64. The van der Waals surface area contributed by atoms with Crippen LogP contribution in [0.3, 0.4) is 0 Å². The smallest absolute Gasteiger partial charge is 0.161 e. The molecule has 2 aromatic rings. The number of aromatic nitrogens is 1. The molecule has 1 aromatic heterocycles. The molecule has 0 saturated heterocycles. The van der Waals surface area contributed by atoms with Gasteiger partial charge in [-0.05, 0) is 31.5 Å². The van der Waals surface area contributed by atoms with Crippen molar-refractivity contribution in [3.63, 3.8) is 0 Å². The molecule has 0 fully saturated rings. The first kappa shape index (κ1) is 14.4. The highest BCUT2D eigenvalue weighted by molar-refractivity contribution is 7.11. The third kappa shape index (κ3) is 3.19. The Hall–Kier alpha value is -1.59. The molecular weight excluding hydrogens is 286 g/mol. The van der Waals surface area contributed by atoms with Crippen LogP contribution in [0.15, 0.2) is 18.2 Å². The lowest BCUT2D eigenvalue weighted by Gasteiger charge is -2.13. The van der Waals surface area contributed by atoms with E-state index in [2.05, 4.69) is 11.9 Å². The van der Waals surface area contributed by atoms with Crippen molar-refractivity contribution < 1.29 is 14.6 Å². The summed E-state index contributed by atoms with van der Waals surface area (Å²) in [5, 5.41) is 11.4. The van der Waals surface area contributed by atoms with Gasteiger partial charge in [0.1, 0.15) is 0 Å². The first-order chi connectivity index (χ1) is 10.1. The summed E-state index contributed by atoms with van der Waals surface area (Å²) in [6.45, 7) is 5.37. The molecule has 0 amide bonds. The summed E-state index contributed by atoms with van der Waals surface area (Å²) in [4.78, 5) is 5.69. The SMILES string of the molecule is Cc1nc(CC(O)c2ccc3c(c2)OCCCO3)sc1C. The van der Waals surface area contributed by atoms with Crippen molar-refractivity contribution in [2.45, 2.75) is 32.8 Å². The van der Waals surface area contributed by atoms with Gasteiger partial charge in [0, 0.05) is 17.7 Å². The number of nitrogens with zero attached hydrogens (tertiary/aromatic N) is 1. The Labute approximate surface area is 128 Å². The van der Waals surface area contributed by atoms with Crippen LogP contribution < -0.4 is 9.47 Å². The number of aliphatic hydroxyl groups excluding tert-OH is 1. The van der Waals surface area contributed by atoms with Crippen molar-refractivity contribution in [2.75, 3.05) is 13.2 Å². The summed E-state index contributed by atoms with van der Waals surface area (Å²) in [7, 11) is 0. The van der Waals surface area contributed by atoms with Gasteiger partial charge in [-0.1, -0.05) is 6.07 Å². The second kappa shape index (κ2) is 6.03. The molecule has 1 unspecified atom stereocenters. The van der Waals surface area contributed by atoms with Gasteiger partial charge in [-0.25, -0.2) is 4.98 Å². The zero-order valence-corrected chi connectivity index (χ0v) is 13.1. The number of benzene rings is 1. The summed E-state index contributed by atoms with van der Waals surface area (Å²) < 4.78 is 11.3. The van der Waals surface area contributed by atoms with E-state index in [0.717, 1.165) is 34.2 Å². The molecule has 1 atom stereocenters. The van der Waals surface area contributed by atoms with Crippen molar-refractivity contribution in [1.29, 1.82) is 0 Å². The molecule has 4 nitrogen and oxygen atoms in total. The van der Waals surface area contributed by atoms with Gasteiger partial charge in [0.2, 0.25) is 0 Å². The second-order valence-electron chi connectivity index (χ2n) is 5.23. The first-order valence-corrected chi connectivity index (χ1v) is 7.95. The van der Waals surface area contributed by atoms with Gasteiger partial charge >= 0.3 is 0 Å². The van der Waals surface area contributed by atoms with Crippen LogP contribution in [0, 0.1) is 13.8 Å². The van der Waals surface area contributed by atoms with Crippen molar-refractivity contribution in [2.24, 2.45) is 0 Å². The predicted octanol–water partition coefficient (Wildman–Crippen LogP) is 3.20. The lowest BCUT2D eigenvalue weighted by Crippen LogP contribution is -2.02. The van der Waals surface area contributed by atoms with Crippen LogP contribution in [0.2, 0.25) is 0 Å². The van der Waals surface area contributed by atoms with E-state index in [1.807, 2.05) is 25.1 Å². The predicted molar refractivity (Wildman–Crippen MR) is 82.3 cm³/mol. The van der Waals surface area contributed by atoms with Gasteiger partial charge in [0.15, 0.2) is 11.5 Å². The second-order valence-corrected chi connectivity index (χ2v) is 6.51. The summed E-state index contributed by atoms with van der Waals surface area (Å²) in [5.41, 5.74) is 1.88. The number of aryl methyl sites for hydroxylation is 2. The molecule has 1 aliphatic heterocycles. The highest BCUT2D eigenvalue weighted by Crippen LogP contribution is 2.33. The Morgan fingerprint density at radius 2 is 2.00 bits per heavy atom. The van der Waals surface area contributed by atoms with E-state index in [1.165, 1.54) is 4.88 Å². The molecule has 0 saturated carbocycles. The van der Waals surface area contributed by atoms with Crippen molar-refractivity contribution >= 4 is 11.3 Å². The molecule has 112 valence electrons. The van der Waals surface area contributed by atoms with Crippen molar-refractivity contribution in [1.82, 2.24) is 4.98 Å². The Morgan fingerprint density at radius 3 is 2.71 bits per heavy atom. The summed E-state index contributed by atoms with van der Waals surface area (Å²) in [5.74, 6) is 1.47. The molecule has 3 rings (SSSR count). The highest BCUT2D eigenvalue weighted by Gasteiger charge is 2.16.